The van der Waals surface area contributed by atoms with Crippen molar-refractivity contribution in [2.24, 2.45) is 5.73 Å². The fourth-order valence-corrected chi connectivity index (χ4v) is 5.41. The largest absolute Gasteiger partial charge is 0.461 e. The van der Waals surface area contributed by atoms with Gasteiger partial charge in [0.1, 0.15) is 18.2 Å². The van der Waals surface area contributed by atoms with Gasteiger partial charge in [0.05, 0.1) is 0 Å². The van der Waals surface area contributed by atoms with Gasteiger partial charge >= 0.3 is 12.1 Å². The number of likely N-dealkylation sites (N-methyl/N-ethyl adjacent to an activating group) is 1. The molecule has 2 atom stereocenters. The van der Waals surface area contributed by atoms with E-state index in [0.29, 0.717) is 19.4 Å². The molecule has 0 fully saturated rings. The second-order valence-electron chi connectivity index (χ2n) is 13.0. The van der Waals surface area contributed by atoms with Crippen molar-refractivity contribution in [3.63, 3.8) is 0 Å². The summed E-state index contributed by atoms with van der Waals surface area (Å²) < 4.78 is 10.8. The lowest BCUT2D eigenvalue weighted by Gasteiger charge is -2.34. The van der Waals surface area contributed by atoms with Crippen LogP contribution in [0.3, 0.4) is 0 Å². The average molecular weight is 632 g/mol. The van der Waals surface area contributed by atoms with Crippen molar-refractivity contribution in [1.29, 1.82) is 0 Å². The minimum Gasteiger partial charge on any atom is -0.461 e. The van der Waals surface area contributed by atoms with Crippen LogP contribution in [0.25, 0.3) is 0 Å². The van der Waals surface area contributed by atoms with Gasteiger partial charge in [-0.25, -0.2) is 4.79 Å². The van der Waals surface area contributed by atoms with Gasteiger partial charge in [-0.05, 0) is 52.5 Å². The molecule has 9 nitrogen and oxygen atoms in total. The number of carbonyl (C=O) groups is 4. The quantitative estimate of drug-likeness (QED) is 0.0894. The van der Waals surface area contributed by atoms with Crippen molar-refractivity contribution in [2.45, 2.75) is 162 Å². The second kappa shape index (κ2) is 23.3. The number of nitrogens with two attached hydrogens (primary N) is 1. The zero-order chi connectivity index (χ0) is 33.5. The molecule has 3 N–H and O–H groups in total. The third kappa shape index (κ3) is 19.8. The van der Waals surface area contributed by atoms with E-state index in [-0.39, 0.29) is 43.8 Å². The van der Waals surface area contributed by atoms with Gasteiger partial charge in [-0.1, -0.05) is 108 Å². The molecular weight excluding hydrogens is 570 g/mol. The van der Waals surface area contributed by atoms with E-state index in [4.69, 9.17) is 15.2 Å². The molecule has 3 amide bonds. The van der Waals surface area contributed by atoms with Crippen LogP contribution in [0.15, 0.2) is 30.3 Å². The summed E-state index contributed by atoms with van der Waals surface area (Å²) in [4.78, 5) is 52.6. The Hall–Kier alpha value is -3.10. The van der Waals surface area contributed by atoms with E-state index in [1.807, 2.05) is 37.3 Å². The number of hydrogen-bond donors (Lipinski definition) is 2. The van der Waals surface area contributed by atoms with Gasteiger partial charge < -0.3 is 25.4 Å². The van der Waals surface area contributed by atoms with E-state index >= 15 is 0 Å². The Morgan fingerprint density at radius 3 is 1.93 bits per heavy atom. The van der Waals surface area contributed by atoms with Crippen LogP contribution in [0.4, 0.5) is 4.79 Å². The zero-order valence-electron chi connectivity index (χ0n) is 28.7. The fraction of sp³-hybridized carbons (Fsp3) is 0.722. The lowest BCUT2D eigenvalue weighted by Crippen LogP contribution is -2.53. The summed E-state index contributed by atoms with van der Waals surface area (Å²) >= 11 is 0. The first kappa shape index (κ1) is 39.9. The number of unbranched alkanes of at least 4 members (excludes halogenated alkanes) is 10. The van der Waals surface area contributed by atoms with Gasteiger partial charge in [0.15, 0.2) is 0 Å². The molecule has 1 aromatic carbocycles. The Labute approximate surface area is 272 Å². The van der Waals surface area contributed by atoms with E-state index in [2.05, 4.69) is 12.2 Å². The standard InChI is InChI=1S/C36H61N3O6/c1-6-8-9-10-11-12-13-14-15-16-20-24-30(27-32(37)40)39(7-2)34(42)31(38-35(43)45-36(3,4)5)25-21-26-33(41)44-28-29-22-18-17-19-23-29/h17-19,22-23,30-31H,6-16,20-21,24-28H2,1-5H3,(H2,37,40)(H,38,43)/t30-,31-/m0/s1. The maximum atomic E-state index is 13.9. The lowest BCUT2D eigenvalue weighted by atomic mass is 9.99. The van der Waals surface area contributed by atoms with E-state index in [1.165, 1.54) is 51.4 Å². The highest BCUT2D eigenvalue weighted by atomic mass is 16.6. The first-order valence-corrected chi connectivity index (χ1v) is 17.2. The zero-order valence-corrected chi connectivity index (χ0v) is 28.7. The first-order valence-electron chi connectivity index (χ1n) is 17.2. The Morgan fingerprint density at radius 1 is 0.822 bits per heavy atom. The molecule has 0 aromatic heterocycles. The summed E-state index contributed by atoms with van der Waals surface area (Å²) in [5.41, 5.74) is 5.75. The number of rotatable bonds is 24. The van der Waals surface area contributed by atoms with Crippen molar-refractivity contribution >= 4 is 23.9 Å². The number of nitrogens with zero attached hydrogens (tertiary/aromatic N) is 1. The van der Waals surface area contributed by atoms with Crippen LogP contribution in [0.2, 0.25) is 0 Å². The normalized spacial score (nSPS) is 12.6. The first-order chi connectivity index (χ1) is 21.5. The highest BCUT2D eigenvalue weighted by Gasteiger charge is 2.31. The second-order valence-corrected chi connectivity index (χ2v) is 13.0. The van der Waals surface area contributed by atoms with Crippen molar-refractivity contribution in [2.75, 3.05) is 6.54 Å². The topological polar surface area (TPSA) is 128 Å². The molecule has 9 heteroatoms. The van der Waals surface area contributed by atoms with Crippen molar-refractivity contribution < 1.29 is 28.7 Å². The number of hydrogen-bond acceptors (Lipinski definition) is 6. The Bertz CT molecular complexity index is 979. The molecule has 1 aromatic rings. The Morgan fingerprint density at radius 2 is 1.40 bits per heavy atom. The minimum absolute atomic E-state index is 0.0578. The van der Waals surface area contributed by atoms with Gasteiger partial charge in [-0.15, -0.1) is 0 Å². The molecule has 0 heterocycles. The third-order valence-electron chi connectivity index (χ3n) is 7.75. The molecule has 0 bridgehead atoms. The number of carbonyl (C=O) groups excluding carboxylic acids is 4. The summed E-state index contributed by atoms with van der Waals surface area (Å²) in [5.74, 6) is -1.15. The van der Waals surface area contributed by atoms with E-state index in [1.54, 1.807) is 25.7 Å². The molecule has 0 saturated heterocycles. The summed E-state index contributed by atoms with van der Waals surface area (Å²) in [7, 11) is 0. The number of esters is 1. The predicted octanol–water partition coefficient (Wildman–Crippen LogP) is 7.59. The molecule has 45 heavy (non-hydrogen) atoms. The van der Waals surface area contributed by atoms with Crippen LogP contribution in [-0.4, -0.2) is 53.0 Å². The average Bonchev–Trinajstić information content (AvgIpc) is 2.97. The molecule has 0 aliphatic carbocycles. The lowest BCUT2D eigenvalue weighted by molar-refractivity contribution is -0.145. The maximum Gasteiger partial charge on any atom is 0.408 e. The SMILES string of the molecule is CCCCCCCCCCCCC[C@@H](CC(N)=O)N(CC)C(=O)[C@H](CCCC(=O)OCc1ccccc1)NC(=O)OC(C)(C)C. The Kier molecular flexibility index (Phi) is 20.6. The summed E-state index contributed by atoms with van der Waals surface area (Å²) in [6, 6.07) is 8.13. The molecule has 1 rings (SSSR count). The summed E-state index contributed by atoms with van der Waals surface area (Å²) in [6.45, 7) is 9.88. The Balaban J connectivity index is 2.75. The van der Waals surface area contributed by atoms with Crippen LogP contribution in [0.1, 0.15) is 143 Å². The third-order valence-corrected chi connectivity index (χ3v) is 7.75. The number of alkyl carbamates (subject to hydrolysis) is 1. The van der Waals surface area contributed by atoms with Crippen molar-refractivity contribution in [1.82, 2.24) is 10.2 Å². The van der Waals surface area contributed by atoms with E-state index in [0.717, 1.165) is 24.8 Å². The van der Waals surface area contributed by atoms with Crippen LogP contribution in [-0.2, 0) is 30.5 Å². The molecular formula is C36H61N3O6. The highest BCUT2D eigenvalue weighted by molar-refractivity contribution is 5.86. The van der Waals surface area contributed by atoms with Gasteiger partial charge in [0.25, 0.3) is 0 Å². The van der Waals surface area contributed by atoms with E-state index in [9.17, 15) is 19.2 Å². The molecule has 0 aliphatic rings. The molecule has 0 spiro atoms. The van der Waals surface area contributed by atoms with E-state index < -0.39 is 23.6 Å². The van der Waals surface area contributed by atoms with Crippen LogP contribution < -0.4 is 11.1 Å². The summed E-state index contributed by atoms with van der Waals surface area (Å²) in [5, 5.41) is 2.72. The number of primary amides is 1. The number of amides is 3. The molecule has 0 saturated carbocycles. The monoisotopic (exact) mass is 631 g/mol. The predicted molar refractivity (Wildman–Crippen MR) is 179 cm³/mol. The number of nitrogens with one attached hydrogen (secondary N) is 1. The molecule has 0 unspecified atom stereocenters. The van der Waals surface area contributed by atoms with Gasteiger partial charge in [0.2, 0.25) is 11.8 Å². The molecule has 0 radical (unpaired) electrons. The van der Waals surface area contributed by atoms with Crippen LogP contribution in [0, 0.1) is 0 Å². The van der Waals surface area contributed by atoms with Crippen LogP contribution >= 0.6 is 0 Å². The number of benzene rings is 1. The highest BCUT2D eigenvalue weighted by Crippen LogP contribution is 2.19. The number of ether oxygens (including phenoxy) is 2. The summed E-state index contributed by atoms with van der Waals surface area (Å²) in [6.07, 6.45) is 14.0. The van der Waals surface area contributed by atoms with Gasteiger partial charge in [-0.3, -0.25) is 14.4 Å². The fourth-order valence-electron chi connectivity index (χ4n) is 5.41. The van der Waals surface area contributed by atoms with Crippen LogP contribution in [0.5, 0.6) is 0 Å². The maximum absolute atomic E-state index is 13.9. The minimum atomic E-state index is -0.922. The van der Waals surface area contributed by atoms with Crippen molar-refractivity contribution in [3.8, 4) is 0 Å². The molecule has 256 valence electrons. The van der Waals surface area contributed by atoms with Gasteiger partial charge in [0, 0.05) is 25.4 Å². The smallest absolute Gasteiger partial charge is 0.408 e. The molecule has 0 aliphatic heterocycles. The van der Waals surface area contributed by atoms with Gasteiger partial charge in [-0.2, -0.15) is 0 Å². The van der Waals surface area contributed by atoms with Crippen molar-refractivity contribution in [3.05, 3.63) is 35.9 Å².